The monoisotopic (exact) mass is 390 g/mol. The lowest BCUT2D eigenvalue weighted by molar-refractivity contribution is -0.206. The fraction of sp³-hybridized carbons (Fsp3) is 0.667. The summed E-state index contributed by atoms with van der Waals surface area (Å²) in [5, 5.41) is 19.6. The van der Waals surface area contributed by atoms with E-state index >= 15 is 0 Å². The summed E-state index contributed by atoms with van der Waals surface area (Å²) in [4.78, 5) is 11.4. The van der Waals surface area contributed by atoms with Gasteiger partial charge in [-0.1, -0.05) is 57.4 Å². The van der Waals surface area contributed by atoms with E-state index in [2.05, 4.69) is 48.6 Å². The normalized spacial score (nSPS) is 21.8. The molecule has 0 saturated heterocycles. The van der Waals surface area contributed by atoms with Crippen LogP contribution in [-0.2, 0) is 9.53 Å². The second kappa shape index (κ2) is 12.1. The number of ether oxygens (including phenoxy) is 1. The zero-order valence-corrected chi connectivity index (χ0v) is 18.2. The Kier molecular flexibility index (Phi) is 10.5. The molecular formula is C24H38O4. The van der Waals surface area contributed by atoms with Crippen LogP contribution in [0.3, 0.4) is 0 Å². The molecule has 0 aromatic carbocycles. The first-order valence-electron chi connectivity index (χ1n) is 10.5. The number of unbranched alkanes of at least 4 members (excludes halogenated alkanes) is 4. The summed E-state index contributed by atoms with van der Waals surface area (Å²) in [5.74, 6) is -2.14. The molecule has 4 heteroatoms. The molecule has 1 aliphatic rings. The van der Waals surface area contributed by atoms with Crippen molar-refractivity contribution in [2.24, 2.45) is 17.8 Å². The van der Waals surface area contributed by atoms with Gasteiger partial charge in [0.25, 0.3) is 5.79 Å². The van der Waals surface area contributed by atoms with Crippen molar-refractivity contribution in [3.63, 3.8) is 0 Å². The van der Waals surface area contributed by atoms with Gasteiger partial charge >= 0.3 is 5.97 Å². The number of esters is 1. The van der Waals surface area contributed by atoms with Crippen LogP contribution >= 0.6 is 0 Å². The second-order valence-electron chi connectivity index (χ2n) is 8.14. The van der Waals surface area contributed by atoms with Gasteiger partial charge in [0.2, 0.25) is 0 Å². The highest BCUT2D eigenvalue weighted by atomic mass is 16.6. The maximum atomic E-state index is 11.4. The zero-order valence-electron chi connectivity index (χ0n) is 18.2. The van der Waals surface area contributed by atoms with E-state index in [1.165, 1.54) is 25.7 Å². The SMILES string of the molecule is CCCCCCC=C[C@H]1C=C[C@H](C)[C@H]1CC(C)=C=C(C)CC(O)(O)C(=O)OC. The molecule has 0 radical (unpaired) electrons. The molecule has 2 N–H and O–H groups in total. The Morgan fingerprint density at radius 3 is 2.54 bits per heavy atom. The van der Waals surface area contributed by atoms with Gasteiger partial charge in [0.1, 0.15) is 0 Å². The number of allylic oxidation sites excluding steroid dienone is 4. The van der Waals surface area contributed by atoms with Crippen molar-refractivity contribution >= 4 is 5.97 Å². The van der Waals surface area contributed by atoms with Gasteiger partial charge in [-0.3, -0.25) is 0 Å². The fourth-order valence-corrected chi connectivity index (χ4v) is 3.83. The third-order valence-corrected chi connectivity index (χ3v) is 5.38. The van der Waals surface area contributed by atoms with Gasteiger partial charge in [-0.2, -0.15) is 0 Å². The molecule has 28 heavy (non-hydrogen) atoms. The van der Waals surface area contributed by atoms with E-state index in [1.54, 1.807) is 6.92 Å². The Balaban J connectivity index is 2.70. The molecule has 0 bridgehead atoms. The van der Waals surface area contributed by atoms with Crippen LogP contribution in [0.25, 0.3) is 0 Å². The smallest absolute Gasteiger partial charge is 0.366 e. The maximum absolute atomic E-state index is 11.4. The first-order chi connectivity index (χ1) is 13.2. The Morgan fingerprint density at radius 1 is 1.18 bits per heavy atom. The Labute approximate surface area is 170 Å². The second-order valence-corrected chi connectivity index (χ2v) is 8.14. The van der Waals surface area contributed by atoms with Crippen LogP contribution in [0, 0.1) is 17.8 Å². The van der Waals surface area contributed by atoms with Crippen LogP contribution in [0.1, 0.15) is 72.6 Å². The van der Waals surface area contributed by atoms with E-state index < -0.39 is 11.8 Å². The van der Waals surface area contributed by atoms with Crippen molar-refractivity contribution in [3.8, 4) is 0 Å². The van der Waals surface area contributed by atoms with Crippen LogP contribution in [0.2, 0.25) is 0 Å². The van der Waals surface area contributed by atoms with Gasteiger partial charge in [0.15, 0.2) is 0 Å². The first kappa shape index (κ1) is 24.4. The van der Waals surface area contributed by atoms with Crippen LogP contribution in [0.15, 0.2) is 41.2 Å². The summed E-state index contributed by atoms with van der Waals surface area (Å²) in [6.45, 7) is 8.23. The van der Waals surface area contributed by atoms with Crippen molar-refractivity contribution in [1.29, 1.82) is 0 Å². The molecule has 0 unspecified atom stereocenters. The van der Waals surface area contributed by atoms with Crippen molar-refractivity contribution in [1.82, 2.24) is 0 Å². The minimum atomic E-state index is -2.50. The highest BCUT2D eigenvalue weighted by Gasteiger charge is 2.34. The topological polar surface area (TPSA) is 66.8 Å². The lowest BCUT2D eigenvalue weighted by atomic mass is 9.83. The summed E-state index contributed by atoms with van der Waals surface area (Å²) >= 11 is 0. The number of methoxy groups -OCH3 is 1. The predicted octanol–water partition coefficient (Wildman–Crippen LogP) is 5.08. The molecule has 0 aliphatic heterocycles. The summed E-state index contributed by atoms with van der Waals surface area (Å²) < 4.78 is 4.42. The lowest BCUT2D eigenvalue weighted by Crippen LogP contribution is -2.39. The third kappa shape index (κ3) is 8.18. The number of aliphatic hydroxyl groups is 2. The Bertz CT molecular complexity index is 621. The summed E-state index contributed by atoms with van der Waals surface area (Å²) in [7, 11) is 1.13. The van der Waals surface area contributed by atoms with Gasteiger partial charge in [-0.25, -0.2) is 4.79 Å². The van der Waals surface area contributed by atoms with E-state index in [0.717, 1.165) is 25.5 Å². The van der Waals surface area contributed by atoms with E-state index in [9.17, 15) is 15.0 Å². The third-order valence-electron chi connectivity index (χ3n) is 5.38. The largest absolute Gasteiger partial charge is 0.465 e. The van der Waals surface area contributed by atoms with E-state index in [1.807, 2.05) is 6.92 Å². The molecule has 0 aromatic heterocycles. The van der Waals surface area contributed by atoms with Crippen LogP contribution in [0.5, 0.6) is 0 Å². The van der Waals surface area contributed by atoms with Crippen molar-refractivity contribution in [2.45, 2.75) is 78.4 Å². The summed E-state index contributed by atoms with van der Waals surface area (Å²) in [6, 6.07) is 0. The Hall–Kier alpha value is -1.61. The molecule has 1 rings (SSSR count). The maximum Gasteiger partial charge on any atom is 0.366 e. The molecule has 158 valence electrons. The van der Waals surface area contributed by atoms with Gasteiger partial charge in [-0.05, 0) is 62.0 Å². The minimum absolute atomic E-state index is 0.212. The average molecular weight is 391 g/mol. The van der Waals surface area contributed by atoms with E-state index in [4.69, 9.17) is 0 Å². The molecule has 0 heterocycles. The first-order valence-corrected chi connectivity index (χ1v) is 10.5. The zero-order chi connectivity index (χ0) is 21.2. The molecular weight excluding hydrogens is 352 g/mol. The molecule has 0 amide bonds. The number of rotatable bonds is 11. The highest BCUT2D eigenvalue weighted by molar-refractivity contribution is 5.77. The van der Waals surface area contributed by atoms with Gasteiger partial charge in [0, 0.05) is 6.42 Å². The van der Waals surface area contributed by atoms with Crippen LogP contribution in [0.4, 0.5) is 0 Å². The molecule has 0 saturated carbocycles. The van der Waals surface area contributed by atoms with Crippen molar-refractivity contribution < 1.29 is 19.7 Å². The number of carbonyl (C=O) groups is 1. The minimum Gasteiger partial charge on any atom is -0.465 e. The predicted molar refractivity (Wildman–Crippen MR) is 113 cm³/mol. The number of carbonyl (C=O) groups excluding carboxylic acids is 1. The highest BCUT2D eigenvalue weighted by Crippen LogP contribution is 2.36. The molecule has 0 aromatic rings. The standard InChI is InChI=1S/C24H38O4/c1-6-7-8-9-10-11-12-21-14-13-20(4)22(21)16-18(2)15-19(3)17-24(26,27)23(25)28-5/h11-14,20-22,26-27H,6-10,16-17H2,1-5H3/t15?,20-,21-,22+/m0/s1. The van der Waals surface area contributed by atoms with Crippen molar-refractivity contribution in [3.05, 3.63) is 41.2 Å². The summed E-state index contributed by atoms with van der Waals surface area (Å²) in [5.41, 5.74) is 4.90. The van der Waals surface area contributed by atoms with Gasteiger partial charge < -0.3 is 14.9 Å². The fourth-order valence-electron chi connectivity index (χ4n) is 3.83. The quantitative estimate of drug-likeness (QED) is 0.170. The number of hydrogen-bond acceptors (Lipinski definition) is 4. The van der Waals surface area contributed by atoms with E-state index in [0.29, 0.717) is 23.3 Å². The molecule has 3 atom stereocenters. The van der Waals surface area contributed by atoms with Crippen LogP contribution in [-0.4, -0.2) is 29.1 Å². The van der Waals surface area contributed by atoms with Crippen LogP contribution < -0.4 is 0 Å². The molecule has 0 spiro atoms. The molecule has 4 nitrogen and oxygen atoms in total. The summed E-state index contributed by atoms with van der Waals surface area (Å²) in [6.07, 6.45) is 16.2. The van der Waals surface area contributed by atoms with Gasteiger partial charge in [-0.15, -0.1) is 5.73 Å². The Morgan fingerprint density at radius 2 is 1.89 bits per heavy atom. The molecule has 0 fully saturated rings. The lowest BCUT2D eigenvalue weighted by Gasteiger charge is -2.21. The molecule has 1 aliphatic carbocycles. The van der Waals surface area contributed by atoms with Gasteiger partial charge in [0.05, 0.1) is 7.11 Å². The average Bonchev–Trinajstić information content (AvgIpc) is 2.96. The van der Waals surface area contributed by atoms with Crippen molar-refractivity contribution in [2.75, 3.05) is 7.11 Å². The van der Waals surface area contributed by atoms with E-state index in [-0.39, 0.29) is 6.42 Å². The number of hydrogen-bond donors (Lipinski definition) is 2.